The molecule has 0 fully saturated rings. The molecule has 0 aliphatic heterocycles. The molecule has 0 bridgehead atoms. The molecule has 9 heteroatoms. The zero-order chi connectivity index (χ0) is 14.0. The third-order valence-electron chi connectivity index (χ3n) is 2.18. The molecule has 7 nitrogen and oxygen atoms in total. The number of aromatic nitrogens is 2. The maximum Gasteiger partial charge on any atom is 0.335 e. The first-order chi connectivity index (χ1) is 8.88. The van der Waals surface area contributed by atoms with Crippen LogP contribution in [0.25, 0.3) is 0 Å². The van der Waals surface area contributed by atoms with Crippen LogP contribution in [0.2, 0.25) is 5.02 Å². The van der Waals surface area contributed by atoms with Gasteiger partial charge < -0.3 is 5.11 Å². The van der Waals surface area contributed by atoms with Crippen molar-refractivity contribution in [2.45, 2.75) is 4.90 Å². The van der Waals surface area contributed by atoms with Crippen LogP contribution in [-0.4, -0.2) is 29.7 Å². The van der Waals surface area contributed by atoms with Gasteiger partial charge in [-0.2, -0.15) is 5.10 Å². The lowest BCUT2D eigenvalue weighted by Crippen LogP contribution is -2.12. The molecule has 1 aromatic heterocycles. The lowest BCUT2D eigenvalue weighted by Gasteiger charge is -2.07. The van der Waals surface area contributed by atoms with Gasteiger partial charge in [0.05, 0.1) is 17.4 Å². The Bertz CT molecular complexity index is 712. The summed E-state index contributed by atoms with van der Waals surface area (Å²) in [6.07, 6.45) is 2.33. The summed E-state index contributed by atoms with van der Waals surface area (Å²) >= 11 is 5.73. The highest BCUT2D eigenvalue weighted by atomic mass is 35.5. The first kappa shape index (κ1) is 13.4. The summed E-state index contributed by atoms with van der Waals surface area (Å²) in [5, 5.41) is 14.9. The Balaban J connectivity index is 2.37. The first-order valence-corrected chi connectivity index (χ1v) is 6.80. The van der Waals surface area contributed by atoms with Gasteiger partial charge in [-0.15, -0.1) is 0 Å². The van der Waals surface area contributed by atoms with E-state index < -0.39 is 16.0 Å². The number of carbonyl (C=O) groups is 1. The minimum absolute atomic E-state index is 0.0612. The average Bonchev–Trinajstić information content (AvgIpc) is 2.81. The van der Waals surface area contributed by atoms with Crippen LogP contribution >= 0.6 is 11.6 Å². The number of H-pyrrole nitrogens is 1. The number of aromatic amines is 1. The Kier molecular flexibility index (Phi) is 3.45. The van der Waals surface area contributed by atoms with Crippen LogP contribution in [-0.2, 0) is 10.0 Å². The molecule has 0 aliphatic carbocycles. The molecular formula is C10H8ClN3O4S. The maximum absolute atomic E-state index is 11.9. The third kappa shape index (κ3) is 3.04. The summed E-state index contributed by atoms with van der Waals surface area (Å²) in [6, 6.07) is 3.71. The zero-order valence-corrected chi connectivity index (χ0v) is 10.9. The van der Waals surface area contributed by atoms with E-state index in [-0.39, 0.29) is 21.2 Å². The van der Waals surface area contributed by atoms with Crippen molar-refractivity contribution in [1.29, 1.82) is 0 Å². The number of nitrogens with one attached hydrogen (secondary N) is 2. The van der Waals surface area contributed by atoms with Crippen LogP contribution in [0.1, 0.15) is 10.4 Å². The molecule has 0 atom stereocenters. The van der Waals surface area contributed by atoms with Gasteiger partial charge in [-0.05, 0) is 18.2 Å². The number of aromatic carboxylic acids is 1. The number of carboxylic acids is 1. The van der Waals surface area contributed by atoms with E-state index in [4.69, 9.17) is 16.7 Å². The van der Waals surface area contributed by atoms with Gasteiger partial charge in [0.25, 0.3) is 10.0 Å². The number of sulfonamides is 1. The lowest BCUT2D eigenvalue weighted by molar-refractivity contribution is 0.0697. The molecule has 1 aromatic carbocycles. The van der Waals surface area contributed by atoms with Crippen LogP contribution in [0.15, 0.2) is 35.5 Å². The van der Waals surface area contributed by atoms with Crippen LogP contribution in [0.4, 0.5) is 5.69 Å². The van der Waals surface area contributed by atoms with Crippen molar-refractivity contribution in [3.63, 3.8) is 0 Å². The summed E-state index contributed by atoms with van der Waals surface area (Å²) in [6.45, 7) is 0. The van der Waals surface area contributed by atoms with Gasteiger partial charge in [0.15, 0.2) is 0 Å². The summed E-state index contributed by atoms with van der Waals surface area (Å²) in [4.78, 5) is 10.8. The second kappa shape index (κ2) is 4.90. The number of benzene rings is 1. The Hall–Kier alpha value is -2.06. The molecule has 2 aromatic rings. The highest BCUT2D eigenvalue weighted by molar-refractivity contribution is 7.92. The Morgan fingerprint density at radius 3 is 2.68 bits per heavy atom. The molecular weight excluding hydrogens is 294 g/mol. The van der Waals surface area contributed by atoms with Crippen molar-refractivity contribution in [3.8, 4) is 0 Å². The molecule has 100 valence electrons. The number of halogens is 1. The van der Waals surface area contributed by atoms with Gasteiger partial charge in [0.2, 0.25) is 0 Å². The quantitative estimate of drug-likeness (QED) is 0.793. The molecule has 0 aliphatic rings. The smallest absolute Gasteiger partial charge is 0.335 e. The highest BCUT2D eigenvalue weighted by Crippen LogP contribution is 2.21. The van der Waals surface area contributed by atoms with Crippen LogP contribution in [0, 0.1) is 0 Å². The number of hydrogen-bond acceptors (Lipinski definition) is 4. The van der Waals surface area contributed by atoms with Crippen LogP contribution in [0.5, 0.6) is 0 Å². The van der Waals surface area contributed by atoms with Crippen LogP contribution < -0.4 is 4.72 Å². The van der Waals surface area contributed by atoms with E-state index in [9.17, 15) is 13.2 Å². The topological polar surface area (TPSA) is 112 Å². The van der Waals surface area contributed by atoms with Crippen LogP contribution in [0.3, 0.4) is 0 Å². The molecule has 1 heterocycles. The highest BCUT2D eigenvalue weighted by Gasteiger charge is 2.16. The predicted octanol–water partition coefficient (Wildman–Crippen LogP) is 1.56. The Labute approximate surface area is 113 Å². The fourth-order valence-electron chi connectivity index (χ4n) is 1.37. The molecule has 0 saturated carbocycles. The second-order valence-corrected chi connectivity index (χ2v) is 5.69. The van der Waals surface area contributed by atoms with Crippen molar-refractivity contribution in [2.75, 3.05) is 4.72 Å². The Morgan fingerprint density at radius 1 is 1.37 bits per heavy atom. The number of anilines is 1. The minimum Gasteiger partial charge on any atom is -0.478 e. The summed E-state index contributed by atoms with van der Waals surface area (Å²) < 4.78 is 26.0. The third-order valence-corrected chi connectivity index (χ3v) is 3.75. The molecule has 0 amide bonds. The van der Waals surface area contributed by atoms with Crippen molar-refractivity contribution in [2.24, 2.45) is 0 Å². The summed E-state index contributed by atoms with van der Waals surface area (Å²) in [5.74, 6) is -1.20. The largest absolute Gasteiger partial charge is 0.478 e. The van der Waals surface area contributed by atoms with Crippen molar-refractivity contribution < 1.29 is 18.3 Å². The standard InChI is InChI=1S/C10H8ClN3O4S/c11-7-1-6(10(15)16)2-8(3-7)14-19(17,18)9-4-12-13-5-9/h1-5,14H,(H,12,13)(H,15,16). The predicted molar refractivity (Wildman–Crippen MR) is 67.8 cm³/mol. The van der Waals surface area contributed by atoms with E-state index in [0.29, 0.717) is 0 Å². The van der Waals surface area contributed by atoms with Gasteiger partial charge in [-0.25, -0.2) is 13.2 Å². The summed E-state index contributed by atoms with van der Waals surface area (Å²) in [5.41, 5.74) is -0.0523. The monoisotopic (exact) mass is 301 g/mol. The van der Waals surface area contributed by atoms with E-state index in [2.05, 4.69) is 14.9 Å². The van der Waals surface area contributed by atoms with Gasteiger partial charge in [0, 0.05) is 11.2 Å². The van der Waals surface area contributed by atoms with E-state index in [1.165, 1.54) is 24.4 Å². The zero-order valence-electron chi connectivity index (χ0n) is 9.29. The second-order valence-electron chi connectivity index (χ2n) is 3.57. The first-order valence-electron chi connectivity index (χ1n) is 4.94. The SMILES string of the molecule is O=C(O)c1cc(Cl)cc(NS(=O)(=O)c2cn[nH]c2)c1. The molecule has 3 N–H and O–H groups in total. The number of rotatable bonds is 4. The number of carboxylic acid groups (broad SMARTS) is 1. The lowest BCUT2D eigenvalue weighted by atomic mass is 10.2. The van der Waals surface area contributed by atoms with E-state index >= 15 is 0 Å². The molecule has 2 rings (SSSR count). The minimum atomic E-state index is -3.82. The molecule has 0 unspecified atom stereocenters. The number of nitrogens with zero attached hydrogens (tertiary/aromatic N) is 1. The Morgan fingerprint density at radius 2 is 2.11 bits per heavy atom. The van der Waals surface area contributed by atoms with Crippen molar-refractivity contribution in [3.05, 3.63) is 41.2 Å². The van der Waals surface area contributed by atoms with Gasteiger partial charge in [-0.1, -0.05) is 11.6 Å². The van der Waals surface area contributed by atoms with E-state index in [0.717, 1.165) is 6.20 Å². The van der Waals surface area contributed by atoms with Crippen molar-refractivity contribution >= 4 is 33.3 Å². The molecule has 0 spiro atoms. The molecule has 19 heavy (non-hydrogen) atoms. The summed E-state index contributed by atoms with van der Waals surface area (Å²) in [7, 11) is -3.82. The fourth-order valence-corrected chi connectivity index (χ4v) is 2.55. The van der Waals surface area contributed by atoms with E-state index in [1.54, 1.807) is 0 Å². The van der Waals surface area contributed by atoms with Gasteiger partial charge in [-0.3, -0.25) is 9.82 Å². The van der Waals surface area contributed by atoms with E-state index in [1.807, 2.05) is 0 Å². The molecule has 0 radical (unpaired) electrons. The average molecular weight is 302 g/mol. The number of hydrogen-bond donors (Lipinski definition) is 3. The fraction of sp³-hybridized carbons (Fsp3) is 0. The van der Waals surface area contributed by atoms with Gasteiger partial charge in [0.1, 0.15) is 4.90 Å². The maximum atomic E-state index is 11.9. The van der Waals surface area contributed by atoms with Crippen molar-refractivity contribution in [1.82, 2.24) is 10.2 Å². The normalized spacial score (nSPS) is 11.2. The molecule has 0 saturated heterocycles. The van der Waals surface area contributed by atoms with Gasteiger partial charge >= 0.3 is 5.97 Å².